The lowest BCUT2D eigenvalue weighted by atomic mass is 10.3. The van der Waals surface area contributed by atoms with E-state index in [1.165, 1.54) is 0 Å². The summed E-state index contributed by atoms with van der Waals surface area (Å²) in [7, 11) is 0. The Labute approximate surface area is 116 Å². The molecule has 1 aromatic carbocycles. The van der Waals surface area contributed by atoms with Crippen LogP contribution >= 0.6 is 0 Å². The van der Waals surface area contributed by atoms with Crippen molar-refractivity contribution in [3.05, 3.63) is 24.3 Å². The van der Waals surface area contributed by atoms with Gasteiger partial charge in [-0.3, -0.25) is 9.59 Å². The number of hydrogen-bond acceptors (Lipinski definition) is 6. The van der Waals surface area contributed by atoms with E-state index in [9.17, 15) is 9.59 Å². The molecular formula is C13H15N3O4. The molecule has 0 bridgehead atoms. The van der Waals surface area contributed by atoms with Crippen molar-refractivity contribution < 1.29 is 19.1 Å². The van der Waals surface area contributed by atoms with Gasteiger partial charge in [0.1, 0.15) is 12.3 Å². The summed E-state index contributed by atoms with van der Waals surface area (Å²) < 4.78 is 10.0. The molecule has 0 spiro atoms. The van der Waals surface area contributed by atoms with Crippen molar-refractivity contribution in [2.45, 2.75) is 6.42 Å². The smallest absolute Gasteiger partial charge is 0.309 e. The third-order valence-corrected chi connectivity index (χ3v) is 2.16. The van der Waals surface area contributed by atoms with Crippen LogP contribution in [0.5, 0.6) is 5.75 Å². The molecule has 1 aromatic rings. The minimum atomic E-state index is -0.555. The quantitative estimate of drug-likeness (QED) is 0.418. The molecule has 7 heteroatoms. The van der Waals surface area contributed by atoms with Crippen LogP contribution in [0.25, 0.3) is 0 Å². The summed E-state index contributed by atoms with van der Waals surface area (Å²) >= 11 is 0. The number of ether oxygens (including phenoxy) is 2. The fourth-order valence-corrected chi connectivity index (χ4v) is 1.26. The van der Waals surface area contributed by atoms with Gasteiger partial charge in [0.15, 0.2) is 6.61 Å². The van der Waals surface area contributed by atoms with E-state index in [2.05, 4.69) is 5.32 Å². The van der Waals surface area contributed by atoms with E-state index in [1.807, 2.05) is 0 Å². The van der Waals surface area contributed by atoms with Crippen molar-refractivity contribution in [2.75, 3.05) is 25.5 Å². The van der Waals surface area contributed by atoms with Crippen LogP contribution in [0.15, 0.2) is 24.3 Å². The molecule has 0 aliphatic carbocycles. The molecular weight excluding hydrogens is 262 g/mol. The summed E-state index contributed by atoms with van der Waals surface area (Å²) in [6.07, 6.45) is 0.0142. The van der Waals surface area contributed by atoms with E-state index in [1.54, 1.807) is 30.3 Å². The minimum absolute atomic E-state index is 0.0142. The predicted octanol–water partition coefficient (Wildman–Crippen LogP) is 0.221. The van der Waals surface area contributed by atoms with Gasteiger partial charge in [-0.25, -0.2) is 0 Å². The monoisotopic (exact) mass is 277 g/mol. The predicted molar refractivity (Wildman–Crippen MR) is 70.5 cm³/mol. The van der Waals surface area contributed by atoms with E-state index >= 15 is 0 Å². The summed E-state index contributed by atoms with van der Waals surface area (Å²) in [6, 6.07) is 8.56. The lowest BCUT2D eigenvalue weighted by molar-refractivity contribution is -0.148. The molecule has 0 radical (unpaired) electrons. The van der Waals surface area contributed by atoms with E-state index in [-0.39, 0.29) is 19.6 Å². The molecule has 20 heavy (non-hydrogen) atoms. The largest absolute Gasteiger partial charge is 0.493 e. The maximum atomic E-state index is 11.3. The van der Waals surface area contributed by atoms with Crippen LogP contribution in [-0.2, 0) is 14.3 Å². The zero-order valence-corrected chi connectivity index (χ0v) is 10.8. The highest BCUT2D eigenvalue weighted by molar-refractivity contribution is 5.80. The Morgan fingerprint density at radius 1 is 1.40 bits per heavy atom. The van der Waals surface area contributed by atoms with Crippen molar-refractivity contribution in [3.8, 4) is 11.8 Å². The van der Waals surface area contributed by atoms with Gasteiger partial charge in [0.25, 0.3) is 5.91 Å². The van der Waals surface area contributed by atoms with Crippen LogP contribution in [-0.4, -0.2) is 31.6 Å². The minimum Gasteiger partial charge on any atom is -0.493 e. The number of carbonyl (C=O) groups is 2. The van der Waals surface area contributed by atoms with Crippen LogP contribution in [0.2, 0.25) is 0 Å². The van der Waals surface area contributed by atoms with Gasteiger partial charge >= 0.3 is 5.97 Å². The Hall–Kier alpha value is -2.75. The lowest BCUT2D eigenvalue weighted by Gasteiger charge is -2.07. The van der Waals surface area contributed by atoms with Crippen molar-refractivity contribution >= 4 is 17.6 Å². The average Bonchev–Trinajstić information content (AvgIpc) is 2.43. The first-order chi connectivity index (χ1) is 9.61. The number of nitriles is 1. The SMILES string of the molecule is N#CCNC(=O)COC(=O)CCOc1cccc(N)c1. The highest BCUT2D eigenvalue weighted by atomic mass is 16.5. The summed E-state index contributed by atoms with van der Waals surface area (Å²) in [5.41, 5.74) is 6.14. The van der Waals surface area contributed by atoms with Crippen LogP contribution in [0, 0.1) is 11.3 Å². The first-order valence-electron chi connectivity index (χ1n) is 5.89. The van der Waals surface area contributed by atoms with Crippen molar-refractivity contribution in [1.29, 1.82) is 5.26 Å². The van der Waals surface area contributed by atoms with Crippen LogP contribution in [0.1, 0.15) is 6.42 Å². The van der Waals surface area contributed by atoms with Gasteiger partial charge in [0, 0.05) is 11.8 Å². The fraction of sp³-hybridized carbons (Fsp3) is 0.308. The molecule has 0 atom stereocenters. The number of anilines is 1. The van der Waals surface area contributed by atoms with Crippen molar-refractivity contribution in [3.63, 3.8) is 0 Å². The number of esters is 1. The number of amides is 1. The number of nitrogens with two attached hydrogens (primary N) is 1. The summed E-state index contributed by atoms with van der Waals surface area (Å²) in [4.78, 5) is 22.4. The molecule has 0 aliphatic heterocycles. The van der Waals surface area contributed by atoms with Gasteiger partial charge in [0.05, 0.1) is 19.1 Å². The second-order valence-corrected chi connectivity index (χ2v) is 3.77. The topological polar surface area (TPSA) is 114 Å². The Bertz CT molecular complexity index is 511. The standard InChI is InChI=1S/C13H15N3O4/c14-5-6-16-12(17)9-20-13(18)4-7-19-11-3-1-2-10(15)8-11/h1-3,8H,4,6-7,9,15H2,(H,16,17). The van der Waals surface area contributed by atoms with Gasteiger partial charge in [-0.1, -0.05) is 6.07 Å². The molecule has 0 aromatic heterocycles. The Balaban J connectivity index is 2.17. The molecule has 0 unspecified atom stereocenters. The van der Waals surface area contributed by atoms with Gasteiger partial charge in [-0.05, 0) is 12.1 Å². The second kappa shape index (κ2) is 8.37. The van der Waals surface area contributed by atoms with Crippen molar-refractivity contribution in [1.82, 2.24) is 5.32 Å². The highest BCUT2D eigenvalue weighted by Crippen LogP contribution is 2.14. The molecule has 0 saturated carbocycles. The van der Waals surface area contributed by atoms with Gasteiger partial charge < -0.3 is 20.5 Å². The molecule has 0 saturated heterocycles. The number of rotatable bonds is 7. The highest BCUT2D eigenvalue weighted by Gasteiger charge is 2.07. The number of nitrogens with zero attached hydrogens (tertiary/aromatic N) is 1. The number of hydrogen-bond donors (Lipinski definition) is 2. The van der Waals surface area contributed by atoms with Crippen molar-refractivity contribution in [2.24, 2.45) is 0 Å². The molecule has 106 valence electrons. The molecule has 1 rings (SSSR count). The van der Waals surface area contributed by atoms with E-state index in [0.29, 0.717) is 11.4 Å². The first-order valence-corrected chi connectivity index (χ1v) is 5.89. The van der Waals surface area contributed by atoms with Gasteiger partial charge in [-0.2, -0.15) is 5.26 Å². The number of benzene rings is 1. The Morgan fingerprint density at radius 2 is 2.20 bits per heavy atom. The summed E-state index contributed by atoms with van der Waals surface area (Å²) in [5.74, 6) is -0.512. The van der Waals surface area contributed by atoms with Gasteiger partial charge in [0.2, 0.25) is 0 Å². The second-order valence-electron chi connectivity index (χ2n) is 3.77. The Kier molecular flexibility index (Phi) is 6.41. The number of carbonyl (C=O) groups excluding carboxylic acids is 2. The number of nitrogen functional groups attached to an aromatic ring is 1. The van der Waals surface area contributed by atoms with E-state index < -0.39 is 18.5 Å². The van der Waals surface area contributed by atoms with Crippen LogP contribution in [0.4, 0.5) is 5.69 Å². The Morgan fingerprint density at radius 3 is 2.90 bits per heavy atom. The van der Waals surface area contributed by atoms with E-state index in [0.717, 1.165) is 0 Å². The molecule has 0 heterocycles. The van der Waals surface area contributed by atoms with Crippen LogP contribution < -0.4 is 15.8 Å². The molecule has 7 nitrogen and oxygen atoms in total. The summed E-state index contributed by atoms with van der Waals surface area (Å²) in [6.45, 7) is -0.393. The lowest BCUT2D eigenvalue weighted by Crippen LogP contribution is -2.29. The molecule has 1 amide bonds. The molecule has 0 aliphatic rings. The zero-order valence-electron chi connectivity index (χ0n) is 10.8. The summed E-state index contributed by atoms with van der Waals surface area (Å²) in [5, 5.41) is 10.5. The fourth-order valence-electron chi connectivity index (χ4n) is 1.26. The maximum absolute atomic E-state index is 11.3. The third kappa shape index (κ3) is 6.26. The number of nitrogens with one attached hydrogen (secondary N) is 1. The normalized spacial score (nSPS) is 9.35. The first kappa shape index (κ1) is 15.3. The molecule has 3 N–H and O–H groups in total. The maximum Gasteiger partial charge on any atom is 0.309 e. The van der Waals surface area contributed by atoms with Crippen LogP contribution in [0.3, 0.4) is 0 Å². The molecule has 0 fully saturated rings. The third-order valence-electron chi connectivity index (χ3n) is 2.16. The zero-order chi connectivity index (χ0) is 14.8. The van der Waals surface area contributed by atoms with Gasteiger partial charge in [-0.15, -0.1) is 0 Å². The van der Waals surface area contributed by atoms with E-state index in [4.69, 9.17) is 20.5 Å². The average molecular weight is 277 g/mol.